The Labute approximate surface area is 118 Å². The highest BCUT2D eigenvalue weighted by atomic mass is 16.5. The lowest BCUT2D eigenvalue weighted by molar-refractivity contribution is 0.00162. The Kier molecular flexibility index (Phi) is 6.07. The molecule has 19 heavy (non-hydrogen) atoms. The second-order valence-electron chi connectivity index (χ2n) is 6.35. The summed E-state index contributed by atoms with van der Waals surface area (Å²) in [4.78, 5) is 5.15. The Balaban J connectivity index is 1.77. The Bertz CT molecular complexity index is 254. The second kappa shape index (κ2) is 7.58. The van der Waals surface area contributed by atoms with E-state index in [0.29, 0.717) is 12.1 Å². The lowest BCUT2D eigenvalue weighted by Gasteiger charge is -2.33. The van der Waals surface area contributed by atoms with Crippen LogP contribution in [0, 0.1) is 0 Å². The highest BCUT2D eigenvalue weighted by molar-refractivity contribution is 4.80. The third-order valence-electron chi connectivity index (χ3n) is 4.58. The molecule has 2 unspecified atom stereocenters. The summed E-state index contributed by atoms with van der Waals surface area (Å²) < 4.78 is 5.82. The van der Waals surface area contributed by atoms with E-state index in [-0.39, 0.29) is 0 Å². The molecule has 2 rings (SSSR count). The van der Waals surface area contributed by atoms with Gasteiger partial charge in [-0.15, -0.1) is 0 Å². The normalized spacial score (nSPS) is 30.8. The highest BCUT2D eigenvalue weighted by Gasteiger charge is 2.24. The topological polar surface area (TPSA) is 27.7 Å². The van der Waals surface area contributed by atoms with Crippen molar-refractivity contribution in [2.45, 2.75) is 51.3 Å². The van der Waals surface area contributed by atoms with E-state index >= 15 is 0 Å². The summed E-state index contributed by atoms with van der Waals surface area (Å²) in [7, 11) is 2.27. The minimum absolute atomic E-state index is 0.378. The summed E-state index contributed by atoms with van der Waals surface area (Å²) in [6.07, 6.45) is 4.34. The monoisotopic (exact) mass is 269 g/mol. The van der Waals surface area contributed by atoms with Gasteiger partial charge >= 0.3 is 0 Å². The molecule has 4 nitrogen and oxygen atoms in total. The van der Waals surface area contributed by atoms with Crippen LogP contribution < -0.4 is 5.32 Å². The summed E-state index contributed by atoms with van der Waals surface area (Å²) >= 11 is 0. The lowest BCUT2D eigenvalue weighted by atomic mass is 10.1. The lowest BCUT2D eigenvalue weighted by Crippen LogP contribution is -2.47. The first kappa shape index (κ1) is 15.2. The van der Waals surface area contributed by atoms with Crippen molar-refractivity contribution in [2.24, 2.45) is 0 Å². The van der Waals surface area contributed by atoms with Gasteiger partial charge in [0.2, 0.25) is 0 Å². The molecule has 0 saturated carbocycles. The molecule has 0 amide bonds. The van der Waals surface area contributed by atoms with Gasteiger partial charge in [-0.25, -0.2) is 0 Å². The van der Waals surface area contributed by atoms with Crippen LogP contribution in [0.25, 0.3) is 0 Å². The van der Waals surface area contributed by atoms with E-state index in [4.69, 9.17) is 4.74 Å². The Hall–Kier alpha value is -0.160. The molecule has 0 spiro atoms. The van der Waals surface area contributed by atoms with Crippen LogP contribution in [-0.2, 0) is 4.74 Å². The Morgan fingerprint density at radius 2 is 2.16 bits per heavy atom. The molecule has 2 aliphatic rings. The van der Waals surface area contributed by atoms with Crippen molar-refractivity contribution in [1.29, 1.82) is 0 Å². The van der Waals surface area contributed by atoms with Crippen molar-refractivity contribution in [3.63, 3.8) is 0 Å². The summed E-state index contributed by atoms with van der Waals surface area (Å²) in [6, 6.07) is 1.42. The van der Waals surface area contributed by atoms with Gasteiger partial charge < -0.3 is 19.9 Å². The van der Waals surface area contributed by atoms with Gasteiger partial charge in [0.15, 0.2) is 0 Å². The quantitative estimate of drug-likeness (QED) is 0.829. The van der Waals surface area contributed by atoms with E-state index in [1.54, 1.807) is 0 Å². The summed E-state index contributed by atoms with van der Waals surface area (Å²) in [5, 5.41) is 3.42. The van der Waals surface area contributed by atoms with Crippen molar-refractivity contribution in [1.82, 2.24) is 15.1 Å². The van der Waals surface area contributed by atoms with Gasteiger partial charge in [-0.1, -0.05) is 0 Å². The molecular formula is C15H31N3O. The predicted octanol–water partition coefficient (Wildman–Crippen LogP) is 1.17. The number of likely N-dealkylation sites (tertiary alicyclic amines) is 1. The maximum absolute atomic E-state index is 5.82. The number of hydrogen-bond donors (Lipinski definition) is 1. The molecule has 0 aromatic carbocycles. The number of morpholine rings is 1. The fourth-order valence-corrected chi connectivity index (χ4v) is 3.27. The van der Waals surface area contributed by atoms with Crippen LogP contribution in [0.1, 0.15) is 33.1 Å². The van der Waals surface area contributed by atoms with Crippen LogP contribution in [0.4, 0.5) is 0 Å². The molecule has 2 saturated heterocycles. The predicted molar refractivity (Wildman–Crippen MR) is 79.6 cm³/mol. The van der Waals surface area contributed by atoms with Crippen LogP contribution in [0.15, 0.2) is 0 Å². The molecule has 0 aromatic rings. The van der Waals surface area contributed by atoms with Gasteiger partial charge in [0, 0.05) is 31.7 Å². The van der Waals surface area contributed by atoms with E-state index in [1.807, 2.05) is 0 Å². The third-order valence-corrected chi connectivity index (χ3v) is 4.58. The minimum Gasteiger partial charge on any atom is -0.374 e. The van der Waals surface area contributed by atoms with Gasteiger partial charge in [0.05, 0.1) is 12.7 Å². The van der Waals surface area contributed by atoms with Crippen LogP contribution in [0.2, 0.25) is 0 Å². The van der Waals surface area contributed by atoms with Crippen LogP contribution in [-0.4, -0.2) is 74.4 Å². The molecule has 0 aliphatic carbocycles. The summed E-state index contributed by atoms with van der Waals surface area (Å²) in [5.74, 6) is 0. The van der Waals surface area contributed by atoms with Gasteiger partial charge in [-0.2, -0.15) is 0 Å². The number of ether oxygens (including phenoxy) is 1. The fourth-order valence-electron chi connectivity index (χ4n) is 3.27. The van der Waals surface area contributed by atoms with Gasteiger partial charge in [0.25, 0.3) is 0 Å². The maximum Gasteiger partial charge on any atom is 0.0826 e. The van der Waals surface area contributed by atoms with Crippen molar-refractivity contribution in [2.75, 3.05) is 46.4 Å². The highest BCUT2D eigenvalue weighted by Crippen LogP contribution is 2.18. The molecule has 2 fully saturated rings. The standard InChI is InChI=1S/C15H31N3O/c1-13(2)18-8-4-5-14(6-9-18)17(3)12-15-11-16-7-10-19-15/h13-16H,4-12H2,1-3H3. The molecule has 4 heteroatoms. The zero-order chi connectivity index (χ0) is 13.7. The van der Waals surface area contributed by atoms with Crippen molar-refractivity contribution < 1.29 is 4.74 Å². The molecule has 2 atom stereocenters. The molecule has 0 aromatic heterocycles. The van der Waals surface area contributed by atoms with E-state index in [9.17, 15) is 0 Å². The fraction of sp³-hybridized carbons (Fsp3) is 1.00. The maximum atomic E-state index is 5.82. The molecule has 1 N–H and O–H groups in total. The van der Waals surface area contributed by atoms with E-state index in [1.165, 1.54) is 32.4 Å². The smallest absolute Gasteiger partial charge is 0.0826 e. The van der Waals surface area contributed by atoms with E-state index in [0.717, 1.165) is 32.3 Å². The van der Waals surface area contributed by atoms with Crippen LogP contribution in [0.3, 0.4) is 0 Å². The summed E-state index contributed by atoms with van der Waals surface area (Å²) in [6.45, 7) is 11.1. The molecule has 0 radical (unpaired) electrons. The van der Waals surface area contributed by atoms with Gasteiger partial charge in [-0.3, -0.25) is 0 Å². The molecule has 112 valence electrons. The van der Waals surface area contributed by atoms with Gasteiger partial charge in [-0.05, 0) is 53.2 Å². The average Bonchev–Trinajstić information content (AvgIpc) is 2.65. The third kappa shape index (κ3) is 4.71. The van der Waals surface area contributed by atoms with E-state index < -0.39 is 0 Å². The van der Waals surface area contributed by atoms with Crippen molar-refractivity contribution in [3.8, 4) is 0 Å². The number of likely N-dealkylation sites (N-methyl/N-ethyl adjacent to an activating group) is 1. The Morgan fingerprint density at radius 3 is 2.84 bits per heavy atom. The van der Waals surface area contributed by atoms with Crippen LogP contribution >= 0.6 is 0 Å². The molecule has 0 bridgehead atoms. The molecule has 2 heterocycles. The largest absolute Gasteiger partial charge is 0.374 e. The number of nitrogens with zero attached hydrogens (tertiary/aromatic N) is 2. The van der Waals surface area contributed by atoms with E-state index in [2.05, 4.69) is 36.0 Å². The van der Waals surface area contributed by atoms with Crippen molar-refractivity contribution in [3.05, 3.63) is 0 Å². The second-order valence-corrected chi connectivity index (χ2v) is 6.35. The number of hydrogen-bond acceptors (Lipinski definition) is 4. The Morgan fingerprint density at radius 1 is 1.32 bits per heavy atom. The number of nitrogens with one attached hydrogen (secondary N) is 1. The first-order valence-electron chi connectivity index (χ1n) is 7.93. The average molecular weight is 269 g/mol. The zero-order valence-corrected chi connectivity index (χ0v) is 12.9. The van der Waals surface area contributed by atoms with Gasteiger partial charge in [0.1, 0.15) is 0 Å². The molecule has 2 aliphatic heterocycles. The van der Waals surface area contributed by atoms with Crippen LogP contribution in [0.5, 0.6) is 0 Å². The minimum atomic E-state index is 0.378. The first-order chi connectivity index (χ1) is 9.16. The summed E-state index contributed by atoms with van der Waals surface area (Å²) in [5.41, 5.74) is 0. The zero-order valence-electron chi connectivity index (χ0n) is 12.9. The first-order valence-corrected chi connectivity index (χ1v) is 7.93. The molecular weight excluding hydrogens is 238 g/mol. The number of rotatable bonds is 4. The van der Waals surface area contributed by atoms with Crippen molar-refractivity contribution >= 4 is 0 Å². The SMILES string of the molecule is CC(C)N1CCCC(N(C)CC2CNCCO2)CC1.